The van der Waals surface area contributed by atoms with Gasteiger partial charge in [-0.1, -0.05) is 108 Å². The van der Waals surface area contributed by atoms with Crippen LogP contribution in [0.1, 0.15) is 0 Å². The van der Waals surface area contributed by atoms with Crippen molar-refractivity contribution in [3.63, 3.8) is 0 Å². The summed E-state index contributed by atoms with van der Waals surface area (Å²) in [6, 6.07) is 67.2. The van der Waals surface area contributed by atoms with Crippen LogP contribution in [0.2, 0.25) is 0 Å². The van der Waals surface area contributed by atoms with Crippen molar-refractivity contribution < 1.29 is 51.0 Å². The number of rotatable bonds is 9. The van der Waals surface area contributed by atoms with E-state index in [2.05, 4.69) is 58.5 Å². The fourth-order valence-electron chi connectivity index (χ4n) is 6.81. The molecule has 286 valence electrons. The van der Waals surface area contributed by atoms with Crippen LogP contribution in [0.25, 0.3) is 72.8 Å². The van der Waals surface area contributed by atoms with Crippen molar-refractivity contribution in [1.82, 2.24) is 24.5 Å². The number of nitrogens with zero attached hydrogens (tertiary/aromatic N) is 5. The predicted octanol–water partition coefficient (Wildman–Crippen LogP) is 11.8. The van der Waals surface area contributed by atoms with Crippen molar-refractivity contribution in [3.05, 3.63) is 200 Å². The Labute approximate surface area is 369 Å². The molecule has 0 radical (unpaired) electrons. The smallest absolute Gasteiger partial charge is 0.503 e. The van der Waals surface area contributed by atoms with Gasteiger partial charge in [-0.25, -0.2) is 9.97 Å². The zero-order valence-corrected chi connectivity index (χ0v) is 34.8. The molecule has 0 aliphatic heterocycles. The summed E-state index contributed by atoms with van der Waals surface area (Å²) >= 11 is 0. The molecule has 0 unspecified atom stereocenters. The molecule has 0 aliphatic carbocycles. The summed E-state index contributed by atoms with van der Waals surface area (Å²) in [5.41, 5.74) is 8.58. The van der Waals surface area contributed by atoms with Crippen molar-refractivity contribution >= 4 is 21.8 Å². The molecule has 4 heterocycles. The van der Waals surface area contributed by atoms with E-state index in [0.29, 0.717) is 28.9 Å². The maximum atomic E-state index is 6.40. The van der Waals surface area contributed by atoms with Gasteiger partial charge in [0.25, 0.3) is 0 Å². The first-order chi connectivity index (χ1) is 28.2. The molecule has 0 atom stereocenters. The van der Waals surface area contributed by atoms with Crippen LogP contribution in [0, 0.1) is 24.3 Å². The van der Waals surface area contributed by atoms with Crippen LogP contribution in [0.15, 0.2) is 176 Å². The Morgan fingerprint density at radius 3 is 1.29 bits per heavy atom. The molecular formula is C50H29N5O2PdPt. The van der Waals surface area contributed by atoms with E-state index in [1.165, 1.54) is 0 Å². The number of fused-ring (bicyclic) bond motifs is 3. The van der Waals surface area contributed by atoms with Gasteiger partial charge in [-0.3, -0.25) is 9.97 Å². The van der Waals surface area contributed by atoms with Gasteiger partial charge in [0.1, 0.15) is 0 Å². The molecule has 4 aromatic heterocycles. The Bertz CT molecular complexity index is 2850. The minimum atomic E-state index is 0. The van der Waals surface area contributed by atoms with E-state index in [9.17, 15) is 0 Å². The molecular weight excluding hydrogens is 1000 g/mol. The normalized spacial score (nSPS) is 10.8. The van der Waals surface area contributed by atoms with E-state index in [1.807, 2.05) is 138 Å². The van der Waals surface area contributed by atoms with E-state index < -0.39 is 0 Å². The number of hydrogen-bond acceptors (Lipinski definition) is 6. The molecule has 0 spiro atoms. The van der Waals surface area contributed by atoms with Gasteiger partial charge in [0.05, 0.1) is 11.4 Å². The van der Waals surface area contributed by atoms with Gasteiger partial charge in [-0.2, -0.15) is 22.9 Å². The fourth-order valence-corrected chi connectivity index (χ4v) is 6.81. The van der Waals surface area contributed by atoms with Gasteiger partial charge in [0, 0.05) is 35.4 Å². The monoisotopic (exact) mass is 1030 g/mol. The van der Waals surface area contributed by atoms with E-state index in [0.717, 1.165) is 66.8 Å². The maximum Gasteiger partial charge on any atom is 2.00 e. The minimum Gasteiger partial charge on any atom is -0.503 e. The van der Waals surface area contributed by atoms with Crippen molar-refractivity contribution in [2.24, 2.45) is 0 Å². The number of hydrogen-bond donors (Lipinski definition) is 0. The third-order valence-corrected chi connectivity index (χ3v) is 9.45. The minimum absolute atomic E-state index is 0. The van der Waals surface area contributed by atoms with Gasteiger partial charge in [0.2, 0.25) is 5.95 Å². The third-order valence-electron chi connectivity index (χ3n) is 9.45. The molecule has 6 aromatic carbocycles. The molecule has 10 rings (SSSR count). The summed E-state index contributed by atoms with van der Waals surface area (Å²) in [4.78, 5) is 19.0. The standard InChI is InChI=1S/C50H29N5O2.Pd.Pt/c1-3-12-34(13-4-1)44-20-9-22-46(53-44)36-16-7-18-38(30-36)56-40-24-26-42-43-27-25-41(33-49(43)55(48(42)32-40)50-51-28-11-29-52-50)57-39-19-8-17-37(31-39)47-23-10-21-45(54-47)35-14-5-2-6-15-35;;/h1-29H;;/q-4;2*+2. The number of benzene rings is 6. The summed E-state index contributed by atoms with van der Waals surface area (Å²) in [7, 11) is 0. The first kappa shape index (κ1) is 39.3. The van der Waals surface area contributed by atoms with Crippen LogP contribution in [0.5, 0.6) is 23.0 Å². The number of pyridine rings is 2. The third kappa shape index (κ3) is 8.26. The Morgan fingerprint density at radius 2 is 0.814 bits per heavy atom. The van der Waals surface area contributed by atoms with Crippen LogP contribution >= 0.6 is 0 Å². The molecule has 0 N–H and O–H groups in total. The molecule has 9 heteroatoms. The van der Waals surface area contributed by atoms with Crippen LogP contribution in [-0.2, 0) is 41.5 Å². The molecule has 0 aliphatic rings. The quantitative estimate of drug-likeness (QED) is 0.106. The van der Waals surface area contributed by atoms with Crippen LogP contribution in [-0.4, -0.2) is 24.5 Å². The fraction of sp³-hybridized carbons (Fsp3) is 0. The average Bonchev–Trinajstić information content (AvgIpc) is 3.60. The molecule has 0 saturated heterocycles. The van der Waals surface area contributed by atoms with E-state index >= 15 is 0 Å². The molecule has 0 amide bonds. The largest absolute Gasteiger partial charge is 2.00 e. The predicted molar refractivity (Wildman–Crippen MR) is 222 cm³/mol. The second-order valence-electron chi connectivity index (χ2n) is 13.2. The molecule has 0 fully saturated rings. The number of aromatic nitrogens is 5. The first-order valence-corrected chi connectivity index (χ1v) is 18.4. The zero-order chi connectivity index (χ0) is 38.0. The van der Waals surface area contributed by atoms with Crippen molar-refractivity contribution in [3.8, 4) is 74.0 Å². The molecule has 59 heavy (non-hydrogen) atoms. The Morgan fingerprint density at radius 1 is 0.390 bits per heavy atom. The first-order valence-electron chi connectivity index (χ1n) is 18.4. The summed E-state index contributed by atoms with van der Waals surface area (Å²) < 4.78 is 14.7. The molecule has 10 aromatic rings. The van der Waals surface area contributed by atoms with Gasteiger partial charge in [0.15, 0.2) is 0 Å². The van der Waals surface area contributed by atoms with Crippen molar-refractivity contribution in [1.29, 1.82) is 0 Å². The molecule has 7 nitrogen and oxygen atoms in total. The van der Waals surface area contributed by atoms with Gasteiger partial charge in [-0.15, -0.1) is 71.8 Å². The number of ether oxygens (including phenoxy) is 2. The van der Waals surface area contributed by atoms with Gasteiger partial charge < -0.3 is 14.0 Å². The summed E-state index contributed by atoms with van der Waals surface area (Å²) in [6.45, 7) is 0. The van der Waals surface area contributed by atoms with Gasteiger partial charge in [-0.05, 0) is 40.7 Å². The SMILES string of the molecule is [Pd+2].[Pt+2].[c-]1c(Oc2[c-]c3c(cc2)c2ccc(Oc4[c-]c(-c5cccc(-c6ccccc6)n5)ccc4)[c-]c2n3-c2ncccn2)cccc1-c1cccc(-c2ccccc2)n1. The average molecular weight is 1030 g/mol. The van der Waals surface area contributed by atoms with Crippen LogP contribution in [0.4, 0.5) is 0 Å². The van der Waals surface area contributed by atoms with Crippen molar-refractivity contribution in [2.75, 3.05) is 0 Å². The topological polar surface area (TPSA) is 75.0 Å². The van der Waals surface area contributed by atoms with Gasteiger partial charge >= 0.3 is 41.5 Å². The zero-order valence-electron chi connectivity index (χ0n) is 30.9. The Kier molecular flexibility index (Phi) is 11.7. The molecule has 0 saturated carbocycles. The summed E-state index contributed by atoms with van der Waals surface area (Å²) in [5.74, 6) is 2.56. The summed E-state index contributed by atoms with van der Waals surface area (Å²) in [5, 5.41) is 1.87. The van der Waals surface area contributed by atoms with E-state index in [1.54, 1.807) is 18.5 Å². The van der Waals surface area contributed by atoms with Crippen molar-refractivity contribution in [2.45, 2.75) is 0 Å². The Hall–Kier alpha value is -6.55. The molecule has 0 bridgehead atoms. The van der Waals surface area contributed by atoms with Crippen LogP contribution < -0.4 is 9.47 Å². The maximum absolute atomic E-state index is 6.40. The second kappa shape index (κ2) is 17.5. The second-order valence-corrected chi connectivity index (χ2v) is 13.2. The van der Waals surface area contributed by atoms with Crippen LogP contribution in [0.3, 0.4) is 0 Å². The van der Waals surface area contributed by atoms with E-state index in [-0.39, 0.29) is 41.5 Å². The van der Waals surface area contributed by atoms with E-state index in [4.69, 9.17) is 19.4 Å². The Balaban J connectivity index is 0.00000242. The summed E-state index contributed by atoms with van der Waals surface area (Å²) in [6.07, 6.45) is 3.42.